The van der Waals surface area contributed by atoms with Gasteiger partial charge in [0.2, 0.25) is 11.7 Å². The van der Waals surface area contributed by atoms with Gasteiger partial charge in [0, 0.05) is 23.0 Å². The van der Waals surface area contributed by atoms with Crippen LogP contribution in [0.2, 0.25) is 0 Å². The normalized spacial score (nSPS) is 12.4. The minimum atomic E-state index is -0.694. The summed E-state index contributed by atoms with van der Waals surface area (Å²) in [6.07, 6.45) is 0. The lowest BCUT2D eigenvalue weighted by Gasteiger charge is -2.21. The number of nitro groups is 1. The van der Waals surface area contributed by atoms with Crippen LogP contribution in [0.15, 0.2) is 34.8 Å². The molecule has 0 atom stereocenters. The fraction of sp³-hybridized carbons (Fsp3) is 0.0625. The quantitative estimate of drug-likeness (QED) is 0.536. The molecule has 0 spiro atoms. The summed E-state index contributed by atoms with van der Waals surface area (Å²) in [5.74, 6) is -1.58. The van der Waals surface area contributed by atoms with Crippen LogP contribution in [0.25, 0.3) is 0 Å². The molecule has 0 bridgehead atoms. The predicted octanol–water partition coefficient (Wildman–Crippen LogP) is 3.09. The van der Waals surface area contributed by atoms with E-state index in [9.17, 15) is 24.5 Å². The van der Waals surface area contributed by atoms with Gasteiger partial charge >= 0.3 is 0 Å². The number of hydrogen-bond donors (Lipinski definition) is 1. The molecule has 24 heavy (non-hydrogen) atoms. The number of amides is 1. The number of rotatable bonds is 2. The molecule has 0 fully saturated rings. The molecule has 0 unspecified atom stereocenters. The van der Waals surface area contributed by atoms with Crippen molar-refractivity contribution < 1.29 is 19.3 Å². The lowest BCUT2D eigenvalue weighted by atomic mass is 9.82. The van der Waals surface area contributed by atoms with E-state index in [1.54, 1.807) is 0 Å². The molecule has 1 N–H and O–H groups in total. The standard InChI is InChI=1S/C16H9BrN2O5/c1-7(20)18-10-6-5-9(17)13-14(10)15(21)8-3-2-4-11(19(23)24)12(8)16(13)22/h2-6H,1H3,(H,18,20). The highest BCUT2D eigenvalue weighted by Gasteiger charge is 2.38. The van der Waals surface area contributed by atoms with Gasteiger partial charge in [0.05, 0.1) is 21.7 Å². The van der Waals surface area contributed by atoms with E-state index in [2.05, 4.69) is 21.2 Å². The number of ketones is 2. The summed E-state index contributed by atoms with van der Waals surface area (Å²) in [5, 5.41) is 13.7. The maximum atomic E-state index is 12.8. The number of halogens is 1. The Morgan fingerprint density at radius 1 is 1.08 bits per heavy atom. The van der Waals surface area contributed by atoms with Crippen molar-refractivity contribution in [1.82, 2.24) is 0 Å². The SMILES string of the molecule is CC(=O)Nc1ccc(Br)c2c1C(=O)c1cccc([N+](=O)[O-])c1C2=O. The van der Waals surface area contributed by atoms with Crippen LogP contribution in [0, 0.1) is 10.1 Å². The first-order valence-electron chi connectivity index (χ1n) is 6.79. The van der Waals surface area contributed by atoms with Crippen molar-refractivity contribution in [3.8, 4) is 0 Å². The maximum Gasteiger partial charge on any atom is 0.281 e. The topological polar surface area (TPSA) is 106 Å². The Morgan fingerprint density at radius 2 is 1.79 bits per heavy atom. The smallest absolute Gasteiger partial charge is 0.281 e. The zero-order valence-corrected chi connectivity index (χ0v) is 13.8. The zero-order chi connectivity index (χ0) is 17.6. The molecular formula is C16H9BrN2O5. The number of nitrogens with zero attached hydrogens (tertiary/aromatic N) is 1. The summed E-state index contributed by atoms with van der Waals surface area (Å²) in [7, 11) is 0. The number of nitro benzene ring substituents is 1. The van der Waals surface area contributed by atoms with Crippen LogP contribution < -0.4 is 5.32 Å². The maximum absolute atomic E-state index is 12.8. The largest absolute Gasteiger partial charge is 0.326 e. The van der Waals surface area contributed by atoms with E-state index in [1.165, 1.54) is 37.3 Å². The van der Waals surface area contributed by atoms with Gasteiger partial charge in [-0.2, -0.15) is 0 Å². The van der Waals surface area contributed by atoms with E-state index in [4.69, 9.17) is 0 Å². The van der Waals surface area contributed by atoms with Gasteiger partial charge in [-0.1, -0.05) is 22.0 Å². The van der Waals surface area contributed by atoms with Gasteiger partial charge in [0.15, 0.2) is 5.78 Å². The van der Waals surface area contributed by atoms with E-state index in [1.807, 2.05) is 0 Å². The van der Waals surface area contributed by atoms with Crippen LogP contribution >= 0.6 is 15.9 Å². The molecule has 2 aromatic carbocycles. The number of hydrogen-bond acceptors (Lipinski definition) is 5. The number of anilines is 1. The number of carbonyl (C=O) groups excluding carboxylic acids is 3. The van der Waals surface area contributed by atoms with Crippen molar-refractivity contribution in [2.45, 2.75) is 6.92 Å². The van der Waals surface area contributed by atoms with Crippen LogP contribution in [0.4, 0.5) is 11.4 Å². The van der Waals surface area contributed by atoms with E-state index in [0.717, 1.165) is 0 Å². The van der Waals surface area contributed by atoms with Crippen LogP contribution in [-0.4, -0.2) is 22.4 Å². The lowest BCUT2D eigenvalue weighted by Crippen LogP contribution is -2.25. The lowest BCUT2D eigenvalue weighted by molar-refractivity contribution is -0.385. The van der Waals surface area contributed by atoms with Gasteiger partial charge in [0.1, 0.15) is 5.56 Å². The summed E-state index contributed by atoms with van der Waals surface area (Å²) in [6.45, 7) is 1.28. The minimum Gasteiger partial charge on any atom is -0.326 e. The highest BCUT2D eigenvalue weighted by molar-refractivity contribution is 9.10. The van der Waals surface area contributed by atoms with Crippen LogP contribution in [0.3, 0.4) is 0 Å². The molecule has 8 heteroatoms. The summed E-state index contributed by atoms with van der Waals surface area (Å²) in [6, 6.07) is 6.90. The second-order valence-electron chi connectivity index (χ2n) is 5.14. The predicted molar refractivity (Wildman–Crippen MR) is 88.4 cm³/mol. The second kappa shape index (κ2) is 5.64. The van der Waals surface area contributed by atoms with E-state index in [0.29, 0.717) is 4.47 Å². The number of carbonyl (C=O) groups is 3. The van der Waals surface area contributed by atoms with Crippen molar-refractivity contribution in [1.29, 1.82) is 0 Å². The van der Waals surface area contributed by atoms with Gasteiger partial charge in [0.25, 0.3) is 5.69 Å². The molecule has 120 valence electrons. The molecule has 1 aliphatic rings. The van der Waals surface area contributed by atoms with E-state index < -0.39 is 28.1 Å². The Balaban J connectivity index is 2.35. The zero-order valence-electron chi connectivity index (χ0n) is 12.3. The van der Waals surface area contributed by atoms with Crippen molar-refractivity contribution in [3.05, 3.63) is 67.2 Å². The highest BCUT2D eigenvalue weighted by Crippen LogP contribution is 2.39. The molecule has 0 saturated heterocycles. The van der Waals surface area contributed by atoms with E-state index >= 15 is 0 Å². The molecule has 1 amide bonds. The summed E-state index contributed by atoms with van der Waals surface area (Å²) < 4.78 is 0.328. The third kappa shape index (κ3) is 2.31. The minimum absolute atomic E-state index is 0.00745. The molecular weight excluding hydrogens is 380 g/mol. The molecule has 0 radical (unpaired) electrons. The van der Waals surface area contributed by atoms with Crippen molar-refractivity contribution >= 4 is 44.8 Å². The number of fused-ring (bicyclic) bond motifs is 2. The first-order valence-corrected chi connectivity index (χ1v) is 7.59. The first-order chi connectivity index (χ1) is 11.3. The second-order valence-corrected chi connectivity index (χ2v) is 6.00. The van der Waals surface area contributed by atoms with Crippen molar-refractivity contribution in [2.75, 3.05) is 5.32 Å². The Labute approximate surface area is 143 Å². The van der Waals surface area contributed by atoms with Crippen molar-refractivity contribution in [2.24, 2.45) is 0 Å². The molecule has 0 aliphatic heterocycles. The Bertz CT molecular complexity index is 952. The van der Waals surface area contributed by atoms with Crippen molar-refractivity contribution in [3.63, 3.8) is 0 Å². The molecule has 1 aliphatic carbocycles. The average molecular weight is 389 g/mol. The average Bonchev–Trinajstić information content (AvgIpc) is 2.52. The molecule has 2 aromatic rings. The molecule has 7 nitrogen and oxygen atoms in total. The third-order valence-electron chi connectivity index (χ3n) is 3.63. The van der Waals surface area contributed by atoms with Crippen LogP contribution in [0.1, 0.15) is 38.8 Å². The number of nitrogens with one attached hydrogen (secondary N) is 1. The monoisotopic (exact) mass is 388 g/mol. The molecule has 0 saturated carbocycles. The third-order valence-corrected chi connectivity index (χ3v) is 4.29. The summed E-state index contributed by atoms with van der Waals surface area (Å²) in [5.41, 5.74) is -0.484. The Kier molecular flexibility index (Phi) is 3.76. The Hall–Kier alpha value is -2.87. The fourth-order valence-electron chi connectivity index (χ4n) is 2.71. The summed E-state index contributed by atoms with van der Waals surface area (Å²) >= 11 is 3.21. The first kappa shape index (κ1) is 16.0. The van der Waals surface area contributed by atoms with E-state index in [-0.39, 0.29) is 27.9 Å². The van der Waals surface area contributed by atoms with Gasteiger partial charge in [-0.05, 0) is 18.2 Å². The Morgan fingerprint density at radius 3 is 2.42 bits per heavy atom. The van der Waals surface area contributed by atoms with Gasteiger partial charge < -0.3 is 5.32 Å². The van der Waals surface area contributed by atoms with Gasteiger partial charge in [-0.3, -0.25) is 24.5 Å². The molecule has 3 rings (SSSR count). The molecule has 0 heterocycles. The van der Waals surface area contributed by atoms with Crippen LogP contribution in [-0.2, 0) is 4.79 Å². The number of benzene rings is 2. The summed E-state index contributed by atoms with van der Waals surface area (Å²) in [4.78, 5) is 47.5. The van der Waals surface area contributed by atoms with Gasteiger partial charge in [-0.15, -0.1) is 0 Å². The highest BCUT2D eigenvalue weighted by atomic mass is 79.9. The fourth-order valence-corrected chi connectivity index (χ4v) is 3.22. The van der Waals surface area contributed by atoms with Gasteiger partial charge in [-0.25, -0.2) is 0 Å². The molecule has 0 aromatic heterocycles. The van der Waals surface area contributed by atoms with Crippen LogP contribution in [0.5, 0.6) is 0 Å².